The van der Waals surface area contributed by atoms with Gasteiger partial charge in [0.1, 0.15) is 0 Å². The lowest BCUT2D eigenvalue weighted by molar-refractivity contribution is 0.0684. The van der Waals surface area contributed by atoms with E-state index in [4.69, 9.17) is 5.11 Å². The van der Waals surface area contributed by atoms with Gasteiger partial charge in [-0.25, -0.2) is 9.78 Å². The van der Waals surface area contributed by atoms with Crippen LogP contribution >= 0.6 is 0 Å². The SMILES string of the molecule is CCn1cc(-c2ccnc3nc(C(=O)O)nn23)cn1. The Bertz CT molecular complexity index is 759. The number of aryl methyl sites for hydroxylation is 1. The summed E-state index contributed by atoms with van der Waals surface area (Å²) in [5, 5.41) is 17.0. The Kier molecular flexibility index (Phi) is 2.48. The number of hydrogen-bond donors (Lipinski definition) is 1. The number of rotatable bonds is 3. The number of carbonyl (C=O) groups is 1. The van der Waals surface area contributed by atoms with Gasteiger partial charge in [0.15, 0.2) is 0 Å². The monoisotopic (exact) mass is 258 g/mol. The van der Waals surface area contributed by atoms with Crippen LogP contribution in [0.1, 0.15) is 17.5 Å². The van der Waals surface area contributed by atoms with E-state index < -0.39 is 5.97 Å². The van der Waals surface area contributed by atoms with Gasteiger partial charge >= 0.3 is 5.97 Å². The Morgan fingerprint density at radius 1 is 1.47 bits per heavy atom. The molecule has 96 valence electrons. The fourth-order valence-electron chi connectivity index (χ4n) is 1.77. The van der Waals surface area contributed by atoms with E-state index in [-0.39, 0.29) is 11.6 Å². The topological polar surface area (TPSA) is 98.2 Å². The van der Waals surface area contributed by atoms with E-state index in [0.29, 0.717) is 5.69 Å². The van der Waals surface area contributed by atoms with Crippen molar-refractivity contribution in [1.82, 2.24) is 29.4 Å². The molecule has 0 aliphatic rings. The van der Waals surface area contributed by atoms with Crippen molar-refractivity contribution in [2.24, 2.45) is 0 Å². The van der Waals surface area contributed by atoms with E-state index in [2.05, 4.69) is 20.2 Å². The van der Waals surface area contributed by atoms with E-state index >= 15 is 0 Å². The van der Waals surface area contributed by atoms with Crippen molar-refractivity contribution >= 4 is 11.7 Å². The molecule has 0 spiro atoms. The third-order valence-corrected chi connectivity index (χ3v) is 2.68. The summed E-state index contributed by atoms with van der Waals surface area (Å²) in [6, 6.07) is 1.74. The zero-order chi connectivity index (χ0) is 13.4. The minimum absolute atomic E-state index is 0.249. The molecule has 0 saturated carbocycles. The molecule has 0 aliphatic carbocycles. The Morgan fingerprint density at radius 2 is 2.32 bits per heavy atom. The Labute approximate surface area is 107 Å². The first-order valence-corrected chi connectivity index (χ1v) is 5.67. The molecule has 0 aliphatic heterocycles. The van der Waals surface area contributed by atoms with Crippen LogP contribution in [0.3, 0.4) is 0 Å². The molecule has 3 aromatic heterocycles. The van der Waals surface area contributed by atoms with Gasteiger partial charge in [0.2, 0.25) is 0 Å². The van der Waals surface area contributed by atoms with E-state index in [1.165, 1.54) is 4.52 Å². The van der Waals surface area contributed by atoms with E-state index in [0.717, 1.165) is 12.1 Å². The zero-order valence-corrected chi connectivity index (χ0v) is 10.1. The molecule has 1 N–H and O–H groups in total. The molecule has 0 fully saturated rings. The fourth-order valence-corrected chi connectivity index (χ4v) is 1.77. The molecule has 0 saturated heterocycles. The molecule has 0 atom stereocenters. The summed E-state index contributed by atoms with van der Waals surface area (Å²) in [6.45, 7) is 2.74. The molecular formula is C11H10N6O2. The molecule has 0 aromatic carbocycles. The maximum atomic E-state index is 10.9. The minimum atomic E-state index is -1.18. The van der Waals surface area contributed by atoms with Crippen LogP contribution in [0.15, 0.2) is 24.7 Å². The first-order chi connectivity index (χ1) is 9.19. The van der Waals surface area contributed by atoms with Crippen LogP contribution in [0, 0.1) is 0 Å². The standard InChI is InChI=1S/C11H10N6O2/c1-2-16-6-7(5-13-16)8-3-4-12-11-14-9(10(18)19)15-17(8)11/h3-6H,2H2,1H3,(H,18,19). The van der Waals surface area contributed by atoms with Gasteiger partial charge in [-0.2, -0.15) is 14.6 Å². The lowest BCUT2D eigenvalue weighted by Crippen LogP contribution is -2.00. The lowest BCUT2D eigenvalue weighted by Gasteiger charge is -1.99. The van der Waals surface area contributed by atoms with E-state index in [1.54, 1.807) is 23.1 Å². The number of carboxylic acids is 1. The van der Waals surface area contributed by atoms with Crippen LogP contribution < -0.4 is 0 Å². The number of nitrogens with zero attached hydrogens (tertiary/aromatic N) is 6. The molecule has 3 heterocycles. The lowest BCUT2D eigenvalue weighted by atomic mass is 10.2. The quantitative estimate of drug-likeness (QED) is 0.742. The van der Waals surface area contributed by atoms with Gasteiger partial charge in [-0.3, -0.25) is 4.68 Å². The maximum Gasteiger partial charge on any atom is 0.375 e. The summed E-state index contributed by atoms with van der Waals surface area (Å²) < 4.78 is 3.18. The van der Waals surface area contributed by atoms with Gasteiger partial charge in [0, 0.05) is 24.5 Å². The molecule has 0 unspecified atom stereocenters. The van der Waals surface area contributed by atoms with Crippen LogP contribution in [-0.2, 0) is 6.54 Å². The van der Waals surface area contributed by atoms with Crippen molar-refractivity contribution in [3.05, 3.63) is 30.5 Å². The van der Waals surface area contributed by atoms with E-state index in [9.17, 15) is 4.79 Å². The highest BCUT2D eigenvalue weighted by molar-refractivity contribution is 5.83. The molecule has 3 aromatic rings. The van der Waals surface area contributed by atoms with Crippen molar-refractivity contribution in [2.75, 3.05) is 0 Å². The second kappa shape index (κ2) is 4.16. The molecule has 3 rings (SSSR count). The summed E-state index contributed by atoms with van der Waals surface area (Å²) in [6.07, 6.45) is 5.12. The highest BCUT2D eigenvalue weighted by Gasteiger charge is 2.15. The van der Waals surface area contributed by atoms with Gasteiger partial charge in [-0.15, -0.1) is 5.10 Å². The van der Waals surface area contributed by atoms with Crippen molar-refractivity contribution < 1.29 is 9.90 Å². The largest absolute Gasteiger partial charge is 0.475 e. The van der Waals surface area contributed by atoms with Crippen molar-refractivity contribution in [3.63, 3.8) is 0 Å². The first-order valence-electron chi connectivity index (χ1n) is 5.67. The summed E-state index contributed by atoms with van der Waals surface area (Å²) in [7, 11) is 0. The first kappa shape index (κ1) is 11.3. The average molecular weight is 258 g/mol. The third-order valence-electron chi connectivity index (χ3n) is 2.68. The van der Waals surface area contributed by atoms with Gasteiger partial charge in [-0.05, 0) is 13.0 Å². The number of hydrogen-bond acceptors (Lipinski definition) is 5. The Morgan fingerprint density at radius 3 is 3.00 bits per heavy atom. The Hall–Kier alpha value is -2.77. The molecule has 19 heavy (non-hydrogen) atoms. The number of aromatic nitrogens is 6. The van der Waals surface area contributed by atoms with E-state index in [1.807, 2.05) is 13.1 Å². The summed E-state index contributed by atoms with van der Waals surface area (Å²) >= 11 is 0. The highest BCUT2D eigenvalue weighted by Crippen LogP contribution is 2.18. The van der Waals surface area contributed by atoms with Crippen LogP contribution in [0.25, 0.3) is 17.0 Å². The summed E-state index contributed by atoms with van der Waals surface area (Å²) in [5.41, 5.74) is 1.53. The summed E-state index contributed by atoms with van der Waals surface area (Å²) in [4.78, 5) is 18.7. The smallest absolute Gasteiger partial charge is 0.375 e. The zero-order valence-electron chi connectivity index (χ0n) is 10.1. The summed E-state index contributed by atoms with van der Waals surface area (Å²) in [5.74, 6) is -1.21. The second-order valence-electron chi connectivity index (χ2n) is 3.87. The van der Waals surface area contributed by atoms with Crippen LogP contribution in [0.5, 0.6) is 0 Å². The average Bonchev–Trinajstić information content (AvgIpc) is 3.04. The van der Waals surface area contributed by atoms with Crippen molar-refractivity contribution in [2.45, 2.75) is 13.5 Å². The highest BCUT2D eigenvalue weighted by atomic mass is 16.4. The number of carboxylic acid groups (broad SMARTS) is 1. The molecule has 0 bridgehead atoms. The predicted molar refractivity (Wildman–Crippen MR) is 64.6 cm³/mol. The molecule has 8 heteroatoms. The van der Waals surface area contributed by atoms with Crippen LogP contribution in [-0.4, -0.2) is 40.4 Å². The van der Waals surface area contributed by atoms with Gasteiger partial charge in [0.05, 0.1) is 11.9 Å². The predicted octanol–water partition coefficient (Wildman–Crippen LogP) is 0.706. The normalized spacial score (nSPS) is 11.0. The number of aromatic carboxylic acids is 1. The molecule has 0 radical (unpaired) electrons. The van der Waals surface area contributed by atoms with Gasteiger partial charge in [0.25, 0.3) is 11.6 Å². The van der Waals surface area contributed by atoms with Gasteiger partial charge in [-0.1, -0.05) is 0 Å². The molecule has 8 nitrogen and oxygen atoms in total. The maximum absolute atomic E-state index is 10.9. The van der Waals surface area contributed by atoms with Crippen LogP contribution in [0.4, 0.5) is 0 Å². The third kappa shape index (κ3) is 1.82. The molecule has 0 amide bonds. The fraction of sp³-hybridized carbons (Fsp3) is 0.182. The van der Waals surface area contributed by atoms with Crippen molar-refractivity contribution in [1.29, 1.82) is 0 Å². The van der Waals surface area contributed by atoms with Crippen LogP contribution in [0.2, 0.25) is 0 Å². The molecular weight excluding hydrogens is 248 g/mol. The Balaban J connectivity index is 2.20. The number of fused-ring (bicyclic) bond motifs is 1. The van der Waals surface area contributed by atoms with Gasteiger partial charge < -0.3 is 5.11 Å². The second-order valence-corrected chi connectivity index (χ2v) is 3.87. The minimum Gasteiger partial charge on any atom is -0.475 e. The van der Waals surface area contributed by atoms with Crippen molar-refractivity contribution in [3.8, 4) is 11.3 Å².